The quantitative estimate of drug-likeness (QED) is 0.448. The van der Waals surface area contributed by atoms with Gasteiger partial charge in [0.1, 0.15) is 16.4 Å². The molecule has 4 N–H and O–H groups in total. The molecular formula is C9H11NO6S. The molecule has 7 nitrogen and oxygen atoms in total. The molecule has 0 spiro atoms. The summed E-state index contributed by atoms with van der Waals surface area (Å²) in [5.41, 5.74) is -0.0205. The summed E-state index contributed by atoms with van der Waals surface area (Å²) < 4.78 is 30.6. The second kappa shape index (κ2) is 4.60. The fourth-order valence-electron chi connectivity index (χ4n) is 1.20. The van der Waals surface area contributed by atoms with Crippen LogP contribution in [-0.2, 0) is 21.5 Å². The zero-order chi connectivity index (χ0) is 13.2. The first-order chi connectivity index (χ1) is 7.71. The zero-order valence-corrected chi connectivity index (χ0v) is 9.65. The maximum absolute atomic E-state index is 10.9. The SMILES string of the molecule is CC(=O)NCc1cc(O)cc(S(=O)(=O)O)c1O. The highest BCUT2D eigenvalue weighted by Gasteiger charge is 2.19. The van der Waals surface area contributed by atoms with Crippen molar-refractivity contribution in [2.24, 2.45) is 0 Å². The third kappa shape index (κ3) is 3.33. The third-order valence-electron chi connectivity index (χ3n) is 1.94. The minimum atomic E-state index is -4.64. The molecule has 0 saturated carbocycles. The van der Waals surface area contributed by atoms with E-state index in [0.29, 0.717) is 6.07 Å². The third-order valence-corrected chi connectivity index (χ3v) is 2.81. The standard InChI is InChI=1S/C9H11NO6S/c1-5(11)10-4-6-2-7(12)3-8(9(6)13)17(14,15)16/h2-3,12-13H,4H2,1H3,(H,10,11)(H,14,15,16). The molecule has 0 aliphatic carbocycles. The van der Waals surface area contributed by atoms with Crippen LogP contribution >= 0.6 is 0 Å². The summed E-state index contributed by atoms with van der Waals surface area (Å²) in [6, 6.07) is 1.79. The summed E-state index contributed by atoms with van der Waals surface area (Å²) >= 11 is 0. The average Bonchev–Trinajstić information content (AvgIpc) is 2.17. The van der Waals surface area contributed by atoms with E-state index in [-0.39, 0.29) is 18.0 Å². The fourth-order valence-corrected chi connectivity index (χ4v) is 1.85. The van der Waals surface area contributed by atoms with Crippen LogP contribution in [0.5, 0.6) is 11.5 Å². The summed E-state index contributed by atoms with van der Waals surface area (Å²) in [5, 5.41) is 21.1. The lowest BCUT2D eigenvalue weighted by Crippen LogP contribution is -2.19. The number of nitrogens with one attached hydrogen (secondary N) is 1. The van der Waals surface area contributed by atoms with Crippen LogP contribution in [0.25, 0.3) is 0 Å². The number of benzene rings is 1. The Kier molecular flexibility index (Phi) is 3.59. The number of phenols is 2. The number of phenolic OH excluding ortho intramolecular Hbond substituents is 2. The number of amides is 1. The van der Waals surface area contributed by atoms with Crippen molar-refractivity contribution in [2.45, 2.75) is 18.4 Å². The van der Waals surface area contributed by atoms with E-state index >= 15 is 0 Å². The predicted molar refractivity (Wildman–Crippen MR) is 57.1 cm³/mol. The summed E-state index contributed by atoms with van der Waals surface area (Å²) in [6.45, 7) is 1.07. The normalized spacial score (nSPS) is 11.2. The lowest BCUT2D eigenvalue weighted by atomic mass is 10.2. The van der Waals surface area contributed by atoms with Crippen LogP contribution in [0.1, 0.15) is 12.5 Å². The molecule has 0 saturated heterocycles. The van der Waals surface area contributed by atoms with Gasteiger partial charge >= 0.3 is 0 Å². The van der Waals surface area contributed by atoms with Crippen molar-refractivity contribution in [1.29, 1.82) is 0 Å². The number of carbonyl (C=O) groups is 1. The molecule has 94 valence electrons. The van der Waals surface area contributed by atoms with Gasteiger partial charge in [-0.3, -0.25) is 9.35 Å². The van der Waals surface area contributed by atoms with Crippen LogP contribution in [0.4, 0.5) is 0 Å². The van der Waals surface area contributed by atoms with E-state index in [0.717, 1.165) is 6.07 Å². The van der Waals surface area contributed by atoms with Gasteiger partial charge in [0.05, 0.1) is 0 Å². The van der Waals surface area contributed by atoms with Gasteiger partial charge in [-0.05, 0) is 6.07 Å². The van der Waals surface area contributed by atoms with Crippen LogP contribution in [0, 0.1) is 0 Å². The zero-order valence-electron chi connectivity index (χ0n) is 8.84. The second-order valence-corrected chi connectivity index (χ2v) is 4.73. The molecule has 0 aromatic heterocycles. The molecule has 1 rings (SSSR count). The first kappa shape index (κ1) is 13.3. The molecule has 1 amide bonds. The minimum Gasteiger partial charge on any atom is -0.508 e. The lowest BCUT2D eigenvalue weighted by Gasteiger charge is -2.09. The molecule has 0 aliphatic heterocycles. The first-order valence-electron chi connectivity index (χ1n) is 4.48. The van der Waals surface area contributed by atoms with Crippen molar-refractivity contribution in [1.82, 2.24) is 5.32 Å². The maximum atomic E-state index is 10.9. The Hall–Kier alpha value is -1.80. The van der Waals surface area contributed by atoms with Gasteiger partial charge in [-0.15, -0.1) is 0 Å². The molecule has 0 unspecified atom stereocenters. The highest BCUT2D eigenvalue weighted by atomic mass is 32.2. The van der Waals surface area contributed by atoms with E-state index in [1.54, 1.807) is 0 Å². The number of hydrogen-bond donors (Lipinski definition) is 4. The average molecular weight is 261 g/mol. The van der Waals surface area contributed by atoms with Crippen molar-refractivity contribution >= 4 is 16.0 Å². The molecule has 0 radical (unpaired) electrons. The van der Waals surface area contributed by atoms with Crippen LogP contribution in [-0.4, -0.2) is 29.1 Å². The largest absolute Gasteiger partial charge is 0.508 e. The van der Waals surface area contributed by atoms with Gasteiger partial charge in [0.2, 0.25) is 5.91 Å². The topological polar surface area (TPSA) is 124 Å². The summed E-state index contributed by atoms with van der Waals surface area (Å²) in [4.78, 5) is 9.86. The van der Waals surface area contributed by atoms with Crippen molar-refractivity contribution in [3.63, 3.8) is 0 Å². The molecule has 0 fully saturated rings. The molecule has 0 aliphatic rings. The molecule has 0 heterocycles. The Morgan fingerprint density at radius 2 is 1.94 bits per heavy atom. The monoisotopic (exact) mass is 261 g/mol. The highest BCUT2D eigenvalue weighted by Crippen LogP contribution is 2.31. The second-order valence-electron chi connectivity index (χ2n) is 3.34. The molecule has 0 bridgehead atoms. The maximum Gasteiger partial charge on any atom is 0.298 e. The molecule has 8 heteroatoms. The van der Waals surface area contributed by atoms with Crippen molar-refractivity contribution in [3.8, 4) is 11.5 Å². The van der Waals surface area contributed by atoms with Crippen LogP contribution in [0.15, 0.2) is 17.0 Å². The Morgan fingerprint density at radius 1 is 1.35 bits per heavy atom. The molecule has 1 aromatic rings. The molecule has 17 heavy (non-hydrogen) atoms. The van der Waals surface area contributed by atoms with E-state index < -0.39 is 26.5 Å². The van der Waals surface area contributed by atoms with Gasteiger partial charge in [-0.2, -0.15) is 8.42 Å². The Morgan fingerprint density at radius 3 is 2.41 bits per heavy atom. The van der Waals surface area contributed by atoms with Gasteiger partial charge in [0.15, 0.2) is 0 Å². The van der Waals surface area contributed by atoms with Crippen LogP contribution in [0.2, 0.25) is 0 Å². The summed E-state index contributed by atoms with van der Waals surface area (Å²) in [7, 11) is -4.64. The molecule has 1 aromatic carbocycles. The van der Waals surface area contributed by atoms with Crippen molar-refractivity contribution in [3.05, 3.63) is 17.7 Å². The first-order valence-corrected chi connectivity index (χ1v) is 5.92. The van der Waals surface area contributed by atoms with Gasteiger partial charge < -0.3 is 15.5 Å². The van der Waals surface area contributed by atoms with Crippen molar-refractivity contribution in [2.75, 3.05) is 0 Å². The Bertz CT molecular complexity index is 551. The van der Waals surface area contributed by atoms with E-state index in [1.165, 1.54) is 6.92 Å². The van der Waals surface area contributed by atoms with Gasteiger partial charge in [-0.25, -0.2) is 0 Å². The van der Waals surface area contributed by atoms with Gasteiger partial charge in [-0.1, -0.05) is 0 Å². The summed E-state index contributed by atoms with van der Waals surface area (Å²) in [5.74, 6) is -1.55. The van der Waals surface area contributed by atoms with E-state index in [2.05, 4.69) is 5.32 Å². The summed E-state index contributed by atoms with van der Waals surface area (Å²) in [6.07, 6.45) is 0. The minimum absolute atomic E-state index is 0.0205. The number of aromatic hydroxyl groups is 2. The smallest absolute Gasteiger partial charge is 0.298 e. The highest BCUT2D eigenvalue weighted by molar-refractivity contribution is 7.86. The molecular weight excluding hydrogens is 250 g/mol. The van der Waals surface area contributed by atoms with Gasteiger partial charge in [0.25, 0.3) is 10.1 Å². The van der Waals surface area contributed by atoms with E-state index in [4.69, 9.17) is 4.55 Å². The molecule has 0 atom stereocenters. The van der Waals surface area contributed by atoms with E-state index in [9.17, 15) is 23.4 Å². The number of rotatable bonds is 3. The predicted octanol–water partition coefficient (Wildman–Crippen LogP) is -0.0194. The lowest BCUT2D eigenvalue weighted by molar-refractivity contribution is -0.119. The Balaban J connectivity index is 3.24. The van der Waals surface area contributed by atoms with E-state index in [1.807, 2.05) is 0 Å². The van der Waals surface area contributed by atoms with Crippen LogP contribution < -0.4 is 5.32 Å². The van der Waals surface area contributed by atoms with Gasteiger partial charge in [0, 0.05) is 25.1 Å². The number of hydrogen-bond acceptors (Lipinski definition) is 5. The fraction of sp³-hybridized carbons (Fsp3) is 0.222. The van der Waals surface area contributed by atoms with Crippen molar-refractivity contribution < 1.29 is 28.0 Å². The van der Waals surface area contributed by atoms with Crippen LogP contribution in [0.3, 0.4) is 0 Å². The number of carbonyl (C=O) groups excluding carboxylic acids is 1. The Labute approximate surface area is 97.5 Å².